The molecule has 0 fully saturated rings. The number of carbonyl (C=O) groups is 1. The Morgan fingerprint density at radius 2 is 2.00 bits per heavy atom. The molecule has 0 aromatic carbocycles. The van der Waals surface area contributed by atoms with Crippen LogP contribution < -0.4 is 5.32 Å². The fourth-order valence-corrected chi connectivity index (χ4v) is 3.22. The van der Waals surface area contributed by atoms with E-state index in [1.54, 1.807) is 0 Å². The molecule has 1 aliphatic carbocycles. The summed E-state index contributed by atoms with van der Waals surface area (Å²) in [5.41, 5.74) is 3.32. The van der Waals surface area contributed by atoms with Gasteiger partial charge in [-0.2, -0.15) is 0 Å². The molecule has 0 bridgehead atoms. The van der Waals surface area contributed by atoms with Crippen molar-refractivity contribution in [3.63, 3.8) is 0 Å². The summed E-state index contributed by atoms with van der Waals surface area (Å²) >= 11 is 0. The molecule has 0 aromatic heterocycles. The minimum atomic E-state index is -0.562. The molecular weight excluding hydrogens is 250 g/mol. The number of allylic oxidation sites excluding steroid dienone is 3. The molecule has 0 spiro atoms. The summed E-state index contributed by atoms with van der Waals surface area (Å²) in [6.45, 7) is 8.22. The summed E-state index contributed by atoms with van der Waals surface area (Å²) in [6, 6.07) is 0. The number of rotatable bonds is 4. The van der Waals surface area contributed by atoms with Gasteiger partial charge in [0.05, 0.1) is 11.1 Å². The Morgan fingerprint density at radius 1 is 1.30 bits per heavy atom. The van der Waals surface area contributed by atoms with Gasteiger partial charge < -0.3 is 10.4 Å². The first-order valence-electron chi connectivity index (χ1n) is 7.58. The van der Waals surface area contributed by atoms with Crippen LogP contribution in [0, 0.1) is 0 Å². The molecule has 3 nitrogen and oxygen atoms in total. The predicted molar refractivity (Wildman–Crippen MR) is 81.4 cm³/mol. The van der Waals surface area contributed by atoms with Gasteiger partial charge in [0.1, 0.15) is 5.76 Å². The van der Waals surface area contributed by atoms with E-state index < -0.39 is 5.54 Å². The monoisotopic (exact) mass is 275 g/mol. The van der Waals surface area contributed by atoms with E-state index in [-0.39, 0.29) is 11.7 Å². The summed E-state index contributed by atoms with van der Waals surface area (Å²) in [4.78, 5) is 12.4. The highest BCUT2D eigenvalue weighted by Crippen LogP contribution is 2.38. The molecule has 20 heavy (non-hydrogen) atoms. The second-order valence-corrected chi connectivity index (χ2v) is 6.05. The standard InChI is InChI=1S/C17H25NO2/c1-5-9-17(6-2)15(19)14(16(20)18-17)13-10-11(3)7-8-12(13)4/h10,19H,5-9H2,1-4H3,(H,18,20). The Labute approximate surface area is 121 Å². The average Bonchev–Trinajstić information content (AvgIpc) is 2.65. The summed E-state index contributed by atoms with van der Waals surface area (Å²) < 4.78 is 0. The third kappa shape index (κ3) is 2.30. The van der Waals surface area contributed by atoms with Crippen molar-refractivity contribution in [2.24, 2.45) is 0 Å². The molecule has 1 unspecified atom stereocenters. The number of nitrogens with one attached hydrogen (secondary N) is 1. The van der Waals surface area contributed by atoms with E-state index in [4.69, 9.17) is 0 Å². The highest BCUT2D eigenvalue weighted by molar-refractivity contribution is 6.03. The topological polar surface area (TPSA) is 49.3 Å². The van der Waals surface area contributed by atoms with Crippen molar-refractivity contribution in [1.82, 2.24) is 5.32 Å². The summed E-state index contributed by atoms with van der Waals surface area (Å²) in [5.74, 6) is 0.116. The number of hydrogen-bond donors (Lipinski definition) is 2. The smallest absolute Gasteiger partial charge is 0.256 e. The molecule has 1 heterocycles. The van der Waals surface area contributed by atoms with Crippen molar-refractivity contribution in [3.05, 3.63) is 34.1 Å². The Balaban J connectivity index is 2.52. The van der Waals surface area contributed by atoms with Crippen LogP contribution in [0.2, 0.25) is 0 Å². The molecule has 0 saturated heterocycles. The van der Waals surface area contributed by atoms with Crippen LogP contribution in [0.1, 0.15) is 59.8 Å². The fraction of sp³-hybridized carbons (Fsp3) is 0.588. The fourth-order valence-electron chi connectivity index (χ4n) is 3.22. The van der Waals surface area contributed by atoms with Gasteiger partial charge in [0.25, 0.3) is 5.91 Å². The van der Waals surface area contributed by atoms with Crippen LogP contribution in [0.4, 0.5) is 0 Å². The van der Waals surface area contributed by atoms with E-state index in [2.05, 4.69) is 32.2 Å². The summed E-state index contributed by atoms with van der Waals surface area (Å²) in [7, 11) is 0. The molecule has 2 aliphatic rings. The maximum absolute atomic E-state index is 12.4. The van der Waals surface area contributed by atoms with Gasteiger partial charge in [0, 0.05) is 0 Å². The van der Waals surface area contributed by atoms with Crippen LogP contribution in [0.25, 0.3) is 0 Å². The second kappa shape index (κ2) is 5.47. The lowest BCUT2D eigenvalue weighted by Crippen LogP contribution is -2.43. The van der Waals surface area contributed by atoms with Crippen LogP contribution in [-0.2, 0) is 4.79 Å². The summed E-state index contributed by atoms with van der Waals surface area (Å²) in [6.07, 6.45) is 6.49. The van der Waals surface area contributed by atoms with Crippen molar-refractivity contribution in [2.45, 2.75) is 65.3 Å². The first kappa shape index (κ1) is 14.9. The largest absolute Gasteiger partial charge is 0.509 e. The van der Waals surface area contributed by atoms with Gasteiger partial charge in [-0.3, -0.25) is 4.79 Å². The van der Waals surface area contributed by atoms with E-state index in [0.717, 1.165) is 37.7 Å². The van der Waals surface area contributed by atoms with Gasteiger partial charge in [-0.05, 0) is 45.1 Å². The van der Waals surface area contributed by atoms with Crippen molar-refractivity contribution in [2.75, 3.05) is 0 Å². The molecule has 1 aliphatic heterocycles. The molecule has 1 amide bonds. The van der Waals surface area contributed by atoms with Gasteiger partial charge in [-0.25, -0.2) is 0 Å². The molecular formula is C17H25NO2. The third-order valence-electron chi connectivity index (χ3n) is 4.56. The molecule has 0 saturated carbocycles. The number of aliphatic hydroxyl groups is 1. The number of carbonyl (C=O) groups excluding carboxylic acids is 1. The van der Waals surface area contributed by atoms with Gasteiger partial charge in [-0.15, -0.1) is 0 Å². The van der Waals surface area contributed by atoms with Crippen molar-refractivity contribution in [3.8, 4) is 0 Å². The molecule has 1 atom stereocenters. The van der Waals surface area contributed by atoms with Gasteiger partial charge in [0.2, 0.25) is 0 Å². The van der Waals surface area contributed by atoms with Crippen LogP contribution in [0.5, 0.6) is 0 Å². The van der Waals surface area contributed by atoms with Crippen molar-refractivity contribution < 1.29 is 9.90 Å². The van der Waals surface area contributed by atoms with Gasteiger partial charge in [-0.1, -0.05) is 37.5 Å². The van der Waals surface area contributed by atoms with Crippen molar-refractivity contribution in [1.29, 1.82) is 0 Å². The second-order valence-electron chi connectivity index (χ2n) is 6.05. The van der Waals surface area contributed by atoms with Crippen molar-refractivity contribution >= 4 is 5.91 Å². The molecule has 0 aromatic rings. The highest BCUT2D eigenvalue weighted by atomic mass is 16.3. The van der Waals surface area contributed by atoms with E-state index in [0.29, 0.717) is 5.57 Å². The number of amides is 1. The number of hydrogen-bond acceptors (Lipinski definition) is 2. The zero-order valence-electron chi connectivity index (χ0n) is 13.0. The first-order valence-corrected chi connectivity index (χ1v) is 7.58. The highest BCUT2D eigenvalue weighted by Gasteiger charge is 2.44. The Bertz CT molecular complexity index is 525. The van der Waals surface area contributed by atoms with Crippen LogP contribution in [-0.4, -0.2) is 16.6 Å². The van der Waals surface area contributed by atoms with Crippen LogP contribution in [0.15, 0.2) is 34.1 Å². The van der Waals surface area contributed by atoms with Gasteiger partial charge in [0.15, 0.2) is 0 Å². The quantitative estimate of drug-likeness (QED) is 0.816. The lowest BCUT2D eigenvalue weighted by molar-refractivity contribution is -0.117. The maximum Gasteiger partial charge on any atom is 0.256 e. The predicted octanol–water partition coefficient (Wildman–Crippen LogP) is 3.93. The molecule has 0 radical (unpaired) electrons. The lowest BCUT2D eigenvalue weighted by atomic mass is 9.85. The zero-order valence-corrected chi connectivity index (χ0v) is 13.0. The minimum absolute atomic E-state index is 0.127. The molecule has 2 rings (SSSR count). The molecule has 110 valence electrons. The Morgan fingerprint density at radius 3 is 2.60 bits per heavy atom. The Kier molecular flexibility index (Phi) is 4.07. The zero-order chi connectivity index (χ0) is 14.9. The maximum atomic E-state index is 12.4. The van der Waals surface area contributed by atoms with E-state index >= 15 is 0 Å². The van der Waals surface area contributed by atoms with E-state index in [9.17, 15) is 9.90 Å². The normalized spacial score (nSPS) is 27.0. The minimum Gasteiger partial charge on any atom is -0.509 e. The Hall–Kier alpha value is -1.51. The van der Waals surface area contributed by atoms with E-state index in [1.165, 1.54) is 11.1 Å². The average molecular weight is 275 g/mol. The van der Waals surface area contributed by atoms with Gasteiger partial charge >= 0.3 is 0 Å². The summed E-state index contributed by atoms with van der Waals surface area (Å²) in [5, 5.41) is 13.7. The molecule has 3 heteroatoms. The van der Waals surface area contributed by atoms with Crippen LogP contribution in [0.3, 0.4) is 0 Å². The third-order valence-corrected chi connectivity index (χ3v) is 4.56. The SMILES string of the molecule is CCCC1(CC)NC(=O)C(C2=C(C)CCC(C)=C2)=C1O. The van der Waals surface area contributed by atoms with E-state index in [1.807, 2.05) is 6.92 Å². The van der Waals surface area contributed by atoms with Crippen LogP contribution >= 0.6 is 0 Å². The first-order chi connectivity index (χ1) is 9.45. The number of aliphatic hydroxyl groups excluding tert-OH is 1. The lowest BCUT2D eigenvalue weighted by Gasteiger charge is -2.27. The molecule has 2 N–H and O–H groups in total.